The van der Waals surface area contributed by atoms with Crippen molar-refractivity contribution in [1.29, 1.82) is 0 Å². The minimum Gasteiger partial charge on any atom is -0.328 e. The third kappa shape index (κ3) is 9.68. The zero-order chi connectivity index (χ0) is 15.3. The predicted octanol–water partition coefficient (Wildman–Crippen LogP) is 5.79. The number of nitrogens with two attached hydrogens (primary N) is 1. The molecule has 1 heteroatoms. The van der Waals surface area contributed by atoms with Gasteiger partial charge < -0.3 is 5.73 Å². The van der Waals surface area contributed by atoms with Crippen molar-refractivity contribution < 1.29 is 0 Å². The van der Waals surface area contributed by atoms with Gasteiger partial charge in [-0.15, -0.1) is 0 Å². The first-order valence-corrected chi connectivity index (χ1v) is 9.03. The summed E-state index contributed by atoms with van der Waals surface area (Å²) < 4.78 is 0. The van der Waals surface area contributed by atoms with Crippen LogP contribution in [0.15, 0.2) is 24.3 Å². The van der Waals surface area contributed by atoms with Crippen LogP contribution in [0.5, 0.6) is 0 Å². The normalized spacial score (nSPS) is 12.5. The predicted molar refractivity (Wildman–Crippen MR) is 94.7 cm³/mol. The molecular weight excluding hydrogens is 254 g/mol. The second-order valence-electron chi connectivity index (χ2n) is 6.55. The first kappa shape index (κ1) is 18.2. The highest BCUT2D eigenvalue weighted by Crippen LogP contribution is 2.13. The largest absolute Gasteiger partial charge is 0.328 e. The molecule has 0 fully saturated rings. The Morgan fingerprint density at radius 1 is 0.810 bits per heavy atom. The molecule has 0 bridgehead atoms. The molecule has 0 spiro atoms. The SMILES string of the molecule is CCCCCCCCCCC(N)CCc1ccc(C)cc1. The van der Waals surface area contributed by atoms with Gasteiger partial charge in [0.15, 0.2) is 0 Å². The highest BCUT2D eigenvalue weighted by molar-refractivity contribution is 5.21. The Balaban J connectivity index is 1.96. The average molecular weight is 290 g/mol. The molecule has 0 aliphatic heterocycles. The zero-order valence-corrected chi connectivity index (χ0v) is 14.2. The van der Waals surface area contributed by atoms with Crippen molar-refractivity contribution in [2.24, 2.45) is 5.73 Å². The van der Waals surface area contributed by atoms with Crippen molar-refractivity contribution in [3.05, 3.63) is 35.4 Å². The summed E-state index contributed by atoms with van der Waals surface area (Å²) >= 11 is 0. The molecule has 1 aromatic rings. The number of aryl methyl sites for hydroxylation is 2. The number of unbranched alkanes of at least 4 members (excludes halogenated alkanes) is 7. The molecule has 120 valence electrons. The van der Waals surface area contributed by atoms with Crippen LogP contribution >= 0.6 is 0 Å². The summed E-state index contributed by atoms with van der Waals surface area (Å²) in [4.78, 5) is 0. The molecule has 1 aromatic carbocycles. The van der Waals surface area contributed by atoms with Gasteiger partial charge in [-0.25, -0.2) is 0 Å². The number of hydrogen-bond donors (Lipinski definition) is 1. The Morgan fingerprint density at radius 3 is 2.00 bits per heavy atom. The summed E-state index contributed by atoms with van der Waals surface area (Å²) in [5.41, 5.74) is 8.99. The second-order valence-corrected chi connectivity index (χ2v) is 6.55. The van der Waals surface area contributed by atoms with E-state index in [0.717, 1.165) is 12.8 Å². The van der Waals surface area contributed by atoms with E-state index in [0.29, 0.717) is 6.04 Å². The summed E-state index contributed by atoms with van der Waals surface area (Å²) in [5.74, 6) is 0. The van der Waals surface area contributed by atoms with E-state index >= 15 is 0 Å². The molecule has 1 rings (SSSR count). The third-order valence-corrected chi connectivity index (χ3v) is 4.35. The molecule has 0 amide bonds. The van der Waals surface area contributed by atoms with Gasteiger partial charge in [0.2, 0.25) is 0 Å². The van der Waals surface area contributed by atoms with E-state index in [1.54, 1.807) is 0 Å². The third-order valence-electron chi connectivity index (χ3n) is 4.35. The van der Waals surface area contributed by atoms with Crippen molar-refractivity contribution in [2.45, 2.75) is 90.5 Å². The van der Waals surface area contributed by atoms with E-state index in [9.17, 15) is 0 Å². The molecular formula is C20H35N. The van der Waals surface area contributed by atoms with Crippen LogP contribution in [0.4, 0.5) is 0 Å². The topological polar surface area (TPSA) is 26.0 Å². The van der Waals surface area contributed by atoms with E-state index in [-0.39, 0.29) is 0 Å². The fourth-order valence-corrected chi connectivity index (χ4v) is 2.79. The van der Waals surface area contributed by atoms with E-state index < -0.39 is 0 Å². The molecule has 0 aliphatic rings. The van der Waals surface area contributed by atoms with Crippen molar-refractivity contribution in [3.8, 4) is 0 Å². The first-order valence-electron chi connectivity index (χ1n) is 9.03. The summed E-state index contributed by atoms with van der Waals surface area (Å²) in [5, 5.41) is 0. The molecule has 0 heterocycles. The lowest BCUT2D eigenvalue weighted by Gasteiger charge is -2.11. The van der Waals surface area contributed by atoms with Gasteiger partial charge in [-0.05, 0) is 31.7 Å². The molecule has 21 heavy (non-hydrogen) atoms. The molecule has 0 aliphatic carbocycles. The van der Waals surface area contributed by atoms with Gasteiger partial charge in [0.25, 0.3) is 0 Å². The van der Waals surface area contributed by atoms with Crippen LogP contribution in [0.25, 0.3) is 0 Å². The van der Waals surface area contributed by atoms with Gasteiger partial charge >= 0.3 is 0 Å². The van der Waals surface area contributed by atoms with E-state index in [1.807, 2.05) is 0 Å². The monoisotopic (exact) mass is 289 g/mol. The molecule has 0 saturated heterocycles. The lowest BCUT2D eigenvalue weighted by atomic mass is 10.00. The average Bonchev–Trinajstić information content (AvgIpc) is 2.49. The van der Waals surface area contributed by atoms with Crippen LogP contribution in [0.3, 0.4) is 0 Å². The molecule has 0 aromatic heterocycles. The van der Waals surface area contributed by atoms with Crippen LogP contribution < -0.4 is 5.73 Å². The van der Waals surface area contributed by atoms with Crippen molar-refractivity contribution in [3.63, 3.8) is 0 Å². The van der Waals surface area contributed by atoms with Gasteiger partial charge in [-0.3, -0.25) is 0 Å². The maximum Gasteiger partial charge on any atom is 0.00419 e. The summed E-state index contributed by atoms with van der Waals surface area (Å²) in [7, 11) is 0. The first-order chi connectivity index (χ1) is 10.2. The Kier molecular flexibility index (Phi) is 10.2. The van der Waals surface area contributed by atoms with Crippen LogP contribution in [0, 0.1) is 6.92 Å². The van der Waals surface area contributed by atoms with E-state index in [1.165, 1.54) is 68.9 Å². The number of hydrogen-bond acceptors (Lipinski definition) is 1. The van der Waals surface area contributed by atoms with Gasteiger partial charge in [0, 0.05) is 6.04 Å². The summed E-state index contributed by atoms with van der Waals surface area (Å²) in [6.45, 7) is 4.41. The van der Waals surface area contributed by atoms with Gasteiger partial charge in [-0.2, -0.15) is 0 Å². The Morgan fingerprint density at radius 2 is 1.38 bits per heavy atom. The summed E-state index contributed by atoms with van der Waals surface area (Å²) in [6.07, 6.45) is 14.5. The second kappa shape index (κ2) is 11.8. The Bertz CT molecular complexity index is 341. The summed E-state index contributed by atoms with van der Waals surface area (Å²) in [6, 6.07) is 9.24. The minimum absolute atomic E-state index is 0.381. The van der Waals surface area contributed by atoms with Crippen molar-refractivity contribution >= 4 is 0 Å². The highest BCUT2D eigenvalue weighted by Gasteiger charge is 2.03. The van der Waals surface area contributed by atoms with Crippen LogP contribution in [0.1, 0.15) is 82.3 Å². The van der Waals surface area contributed by atoms with Crippen LogP contribution in [-0.2, 0) is 6.42 Å². The highest BCUT2D eigenvalue weighted by atomic mass is 14.6. The van der Waals surface area contributed by atoms with Crippen LogP contribution in [-0.4, -0.2) is 6.04 Å². The minimum atomic E-state index is 0.381. The fourth-order valence-electron chi connectivity index (χ4n) is 2.79. The van der Waals surface area contributed by atoms with Gasteiger partial charge in [0.05, 0.1) is 0 Å². The maximum absolute atomic E-state index is 6.23. The maximum atomic E-state index is 6.23. The van der Waals surface area contributed by atoms with Crippen molar-refractivity contribution in [2.75, 3.05) is 0 Å². The molecule has 1 unspecified atom stereocenters. The standard InChI is InChI=1S/C20H35N/c1-3-4-5-6-7-8-9-10-11-20(21)17-16-19-14-12-18(2)13-15-19/h12-15,20H,3-11,16-17,21H2,1-2H3. The molecule has 1 atom stereocenters. The van der Waals surface area contributed by atoms with E-state index in [4.69, 9.17) is 5.73 Å². The lowest BCUT2D eigenvalue weighted by molar-refractivity contribution is 0.508. The smallest absolute Gasteiger partial charge is 0.00419 e. The fraction of sp³-hybridized carbons (Fsp3) is 0.700. The molecule has 0 saturated carbocycles. The van der Waals surface area contributed by atoms with Crippen molar-refractivity contribution in [1.82, 2.24) is 0 Å². The Labute approximate surface area is 132 Å². The van der Waals surface area contributed by atoms with Crippen LogP contribution in [0.2, 0.25) is 0 Å². The number of benzene rings is 1. The quantitative estimate of drug-likeness (QED) is 0.484. The molecule has 0 radical (unpaired) electrons. The number of rotatable bonds is 12. The zero-order valence-electron chi connectivity index (χ0n) is 14.2. The Hall–Kier alpha value is -0.820. The van der Waals surface area contributed by atoms with Gasteiger partial charge in [-0.1, -0.05) is 88.1 Å². The lowest BCUT2D eigenvalue weighted by Crippen LogP contribution is -2.20. The van der Waals surface area contributed by atoms with E-state index in [2.05, 4.69) is 38.1 Å². The molecule has 2 N–H and O–H groups in total. The molecule has 1 nitrogen and oxygen atoms in total. The van der Waals surface area contributed by atoms with Gasteiger partial charge in [0.1, 0.15) is 0 Å².